The molecule has 0 unspecified atom stereocenters. The van der Waals surface area contributed by atoms with Gasteiger partial charge in [-0.15, -0.1) is 0 Å². The Bertz CT molecular complexity index is 668. The molecule has 24 heavy (non-hydrogen) atoms. The van der Waals surface area contributed by atoms with Crippen LogP contribution >= 0.6 is 11.6 Å². The van der Waals surface area contributed by atoms with Crippen molar-refractivity contribution in [2.75, 3.05) is 13.1 Å². The summed E-state index contributed by atoms with van der Waals surface area (Å²) in [6.45, 7) is 5.15. The number of nitrogens with one attached hydrogen (secondary N) is 2. The standard InChI is InChI=1S/C17H25ClN2O3S/c1-3-19-13(2)12-20-16(21)17(10-4-5-11-17)24(22,23)15-8-6-14(18)7-9-15/h6-9,13,19H,3-5,10-12H2,1-2H3,(H,20,21)/t13-/m1/s1. The molecule has 1 aromatic rings. The first-order valence-electron chi connectivity index (χ1n) is 8.35. The zero-order valence-corrected chi connectivity index (χ0v) is 15.7. The van der Waals surface area contributed by atoms with Gasteiger partial charge in [-0.1, -0.05) is 31.4 Å². The fourth-order valence-corrected chi connectivity index (χ4v) is 5.44. The van der Waals surface area contributed by atoms with Crippen LogP contribution in [0.4, 0.5) is 0 Å². The first kappa shape index (κ1) is 19.2. The highest BCUT2D eigenvalue weighted by Crippen LogP contribution is 2.41. The smallest absolute Gasteiger partial charge is 0.241 e. The van der Waals surface area contributed by atoms with Crippen LogP contribution in [0.2, 0.25) is 5.02 Å². The third-order valence-electron chi connectivity index (χ3n) is 4.58. The molecule has 0 bridgehead atoms. The fourth-order valence-electron chi connectivity index (χ4n) is 3.23. The van der Waals surface area contributed by atoms with E-state index in [2.05, 4.69) is 10.6 Å². The SMILES string of the molecule is CCN[C@H](C)CNC(=O)C1(S(=O)(=O)c2ccc(Cl)cc2)CCCC1. The van der Waals surface area contributed by atoms with Gasteiger partial charge in [-0.25, -0.2) is 8.42 Å². The summed E-state index contributed by atoms with van der Waals surface area (Å²) in [6.07, 6.45) is 2.20. The topological polar surface area (TPSA) is 75.3 Å². The summed E-state index contributed by atoms with van der Waals surface area (Å²) in [5.74, 6) is -0.389. The van der Waals surface area contributed by atoms with Crippen LogP contribution in [0.25, 0.3) is 0 Å². The summed E-state index contributed by atoms with van der Waals surface area (Å²) in [6, 6.07) is 6.14. The lowest BCUT2D eigenvalue weighted by atomic mass is 10.1. The monoisotopic (exact) mass is 372 g/mol. The van der Waals surface area contributed by atoms with E-state index >= 15 is 0 Å². The highest BCUT2D eigenvalue weighted by Gasteiger charge is 2.52. The van der Waals surface area contributed by atoms with Gasteiger partial charge in [-0.3, -0.25) is 4.79 Å². The average Bonchev–Trinajstić information content (AvgIpc) is 3.05. The highest BCUT2D eigenvalue weighted by molar-refractivity contribution is 7.93. The molecule has 1 saturated carbocycles. The van der Waals surface area contributed by atoms with E-state index in [1.807, 2.05) is 13.8 Å². The molecule has 134 valence electrons. The quantitative estimate of drug-likeness (QED) is 0.771. The molecule has 1 atom stereocenters. The maximum Gasteiger partial charge on any atom is 0.241 e. The molecule has 1 aromatic carbocycles. The molecule has 0 aliphatic heterocycles. The number of rotatable bonds is 7. The van der Waals surface area contributed by atoms with Gasteiger partial charge in [0.25, 0.3) is 0 Å². The second-order valence-electron chi connectivity index (χ2n) is 6.33. The average molecular weight is 373 g/mol. The molecule has 1 aliphatic carbocycles. The summed E-state index contributed by atoms with van der Waals surface area (Å²) in [4.78, 5) is 13.0. The molecule has 0 radical (unpaired) electrons. The molecular weight excluding hydrogens is 348 g/mol. The van der Waals surface area contributed by atoms with Crippen molar-refractivity contribution in [1.82, 2.24) is 10.6 Å². The van der Waals surface area contributed by atoms with E-state index < -0.39 is 14.6 Å². The van der Waals surface area contributed by atoms with E-state index in [1.165, 1.54) is 12.1 Å². The van der Waals surface area contributed by atoms with Crippen molar-refractivity contribution < 1.29 is 13.2 Å². The molecule has 1 amide bonds. The van der Waals surface area contributed by atoms with Crippen LogP contribution in [0.3, 0.4) is 0 Å². The van der Waals surface area contributed by atoms with E-state index in [0.29, 0.717) is 24.4 Å². The minimum Gasteiger partial charge on any atom is -0.353 e. The van der Waals surface area contributed by atoms with E-state index in [9.17, 15) is 13.2 Å². The van der Waals surface area contributed by atoms with Crippen molar-refractivity contribution in [2.45, 2.75) is 55.2 Å². The van der Waals surface area contributed by atoms with Crippen LogP contribution < -0.4 is 10.6 Å². The summed E-state index contributed by atoms with van der Waals surface area (Å²) in [5.41, 5.74) is 0. The molecule has 1 fully saturated rings. The van der Waals surface area contributed by atoms with Crippen molar-refractivity contribution in [3.05, 3.63) is 29.3 Å². The summed E-state index contributed by atoms with van der Waals surface area (Å²) in [5, 5.41) is 6.50. The Morgan fingerprint density at radius 2 is 1.83 bits per heavy atom. The zero-order valence-electron chi connectivity index (χ0n) is 14.1. The maximum atomic E-state index is 13.2. The van der Waals surface area contributed by atoms with Gasteiger partial charge in [0.15, 0.2) is 14.6 Å². The molecule has 0 saturated heterocycles. The van der Waals surface area contributed by atoms with E-state index in [-0.39, 0.29) is 16.8 Å². The fraction of sp³-hybridized carbons (Fsp3) is 0.588. The molecule has 7 heteroatoms. The molecule has 2 rings (SSSR count). The van der Waals surface area contributed by atoms with E-state index in [0.717, 1.165) is 19.4 Å². The highest BCUT2D eigenvalue weighted by atomic mass is 35.5. The molecule has 5 nitrogen and oxygen atoms in total. The lowest BCUT2D eigenvalue weighted by Crippen LogP contribution is -2.52. The number of halogens is 1. The molecule has 0 aromatic heterocycles. The number of hydrogen-bond donors (Lipinski definition) is 2. The number of carbonyl (C=O) groups excluding carboxylic acids is 1. The van der Waals surface area contributed by atoms with Crippen molar-refractivity contribution in [3.63, 3.8) is 0 Å². The molecule has 2 N–H and O–H groups in total. The van der Waals surface area contributed by atoms with Gasteiger partial charge in [0.1, 0.15) is 0 Å². The van der Waals surface area contributed by atoms with Gasteiger partial charge >= 0.3 is 0 Å². The van der Waals surface area contributed by atoms with Crippen molar-refractivity contribution in [1.29, 1.82) is 0 Å². The van der Waals surface area contributed by atoms with Gasteiger partial charge in [0, 0.05) is 17.6 Å². The Morgan fingerprint density at radius 3 is 2.38 bits per heavy atom. The van der Waals surface area contributed by atoms with Crippen LogP contribution in [0.15, 0.2) is 29.2 Å². The van der Waals surface area contributed by atoms with Crippen LogP contribution in [0, 0.1) is 0 Å². The lowest BCUT2D eigenvalue weighted by Gasteiger charge is -2.28. The van der Waals surface area contributed by atoms with Crippen molar-refractivity contribution in [2.24, 2.45) is 0 Å². The number of hydrogen-bond acceptors (Lipinski definition) is 4. The summed E-state index contributed by atoms with van der Waals surface area (Å²) >= 11 is 5.85. The third-order valence-corrected chi connectivity index (χ3v) is 7.35. The minimum absolute atomic E-state index is 0.0932. The van der Waals surface area contributed by atoms with Crippen LogP contribution in [-0.2, 0) is 14.6 Å². The second-order valence-corrected chi connectivity index (χ2v) is 9.02. The number of carbonyl (C=O) groups is 1. The zero-order chi connectivity index (χ0) is 17.8. The minimum atomic E-state index is -3.77. The molecule has 0 heterocycles. The van der Waals surface area contributed by atoms with Gasteiger partial charge in [0.05, 0.1) is 4.90 Å². The predicted octanol–water partition coefficient (Wildman–Crippen LogP) is 2.54. The lowest BCUT2D eigenvalue weighted by molar-refractivity contribution is -0.123. The Balaban J connectivity index is 2.26. The van der Waals surface area contributed by atoms with E-state index in [4.69, 9.17) is 11.6 Å². The number of sulfone groups is 1. The molecule has 1 aliphatic rings. The first-order valence-corrected chi connectivity index (χ1v) is 10.2. The summed E-state index contributed by atoms with van der Waals surface area (Å²) in [7, 11) is -3.77. The van der Waals surface area contributed by atoms with Gasteiger partial charge < -0.3 is 10.6 Å². The normalized spacial score (nSPS) is 18.3. The van der Waals surface area contributed by atoms with Gasteiger partial charge in [-0.05, 0) is 50.6 Å². The van der Waals surface area contributed by atoms with Gasteiger partial charge in [-0.2, -0.15) is 0 Å². The maximum absolute atomic E-state index is 13.2. The number of likely N-dealkylation sites (N-methyl/N-ethyl adjacent to an activating group) is 1. The van der Waals surface area contributed by atoms with Gasteiger partial charge in [0.2, 0.25) is 5.91 Å². The van der Waals surface area contributed by atoms with E-state index in [1.54, 1.807) is 12.1 Å². The first-order chi connectivity index (χ1) is 11.3. The van der Waals surface area contributed by atoms with Crippen LogP contribution in [-0.4, -0.2) is 38.2 Å². The van der Waals surface area contributed by atoms with Crippen molar-refractivity contribution >= 4 is 27.3 Å². The second kappa shape index (κ2) is 7.85. The Hall–Kier alpha value is -1.11. The molecule has 0 spiro atoms. The summed E-state index contributed by atoms with van der Waals surface area (Å²) < 4.78 is 25.0. The number of amides is 1. The predicted molar refractivity (Wildman–Crippen MR) is 96.0 cm³/mol. The Labute approximate surface area is 149 Å². The largest absolute Gasteiger partial charge is 0.353 e. The Morgan fingerprint density at radius 1 is 1.25 bits per heavy atom. The van der Waals surface area contributed by atoms with Crippen LogP contribution in [0.5, 0.6) is 0 Å². The Kier molecular flexibility index (Phi) is 6.28. The number of benzene rings is 1. The van der Waals surface area contributed by atoms with Crippen molar-refractivity contribution in [3.8, 4) is 0 Å². The third kappa shape index (κ3) is 3.76. The molecular formula is C17H25ClN2O3S. The van der Waals surface area contributed by atoms with Crippen LogP contribution in [0.1, 0.15) is 39.5 Å².